The topological polar surface area (TPSA) is 439 Å². The number of aliphatic hydroxyl groups excluding tert-OH is 1. The minimum absolute atomic E-state index is 0.00394. The Morgan fingerprint density at radius 1 is 0.636 bits per heavy atom. The number of guanidine groups is 2. The van der Waals surface area contributed by atoms with Crippen LogP contribution < -0.4 is 55.3 Å². The fourth-order valence-corrected chi connectivity index (χ4v) is 11.1. The number of fused-ring (bicyclic) bond motifs is 1. The van der Waals surface area contributed by atoms with Gasteiger partial charge in [-0.3, -0.25) is 53.1 Å². The molecule has 3 heterocycles. The molecule has 0 bridgehead atoms. The molecule has 3 aliphatic heterocycles. The number of nitrogens with two attached hydrogens (primary N) is 5. The number of carbonyl (C=O) groups is 10. The maximum atomic E-state index is 15.0. The second-order valence-electron chi connectivity index (χ2n) is 22.0. The van der Waals surface area contributed by atoms with E-state index in [4.69, 9.17) is 28.7 Å². The zero-order chi connectivity index (χ0) is 63.7. The molecular weight excluding hydrogens is 1140 g/mol. The molecule has 3 aromatic carbocycles. The van der Waals surface area contributed by atoms with Crippen LogP contribution in [0.25, 0.3) is 0 Å². The van der Waals surface area contributed by atoms with Crippen molar-refractivity contribution in [1.82, 2.24) is 46.2 Å². The SMILES string of the molecule is NC(N)=NCCC[C@H](NC(=O)[C@H](Cc1ccccc1)NC(=O)[C@@H]1CCCN1C(=O)[C@H](CO)NC(=O)[C@H](Cc1ccccc1)N1CCC(=O)NCCCN(C(=O)[C@@H](N)CCCN=C(N)N)[C@@H](Cc2ccccc2)C(=O)N2CCC[C@H]2C(=O)NCC1=O)C(=O)O. The molecule has 17 N–H and O–H groups in total. The monoisotopic (exact) mass is 1220 g/mol. The van der Waals surface area contributed by atoms with Crippen LogP contribution in [0, 0.1) is 0 Å². The molecule has 0 spiro atoms. The van der Waals surface area contributed by atoms with Crippen LogP contribution in [0.3, 0.4) is 0 Å². The van der Waals surface area contributed by atoms with Crippen molar-refractivity contribution >= 4 is 71.1 Å². The number of aliphatic carboxylic acids is 1. The summed E-state index contributed by atoms with van der Waals surface area (Å²) >= 11 is 0. The van der Waals surface area contributed by atoms with Gasteiger partial charge in [-0.2, -0.15) is 0 Å². The van der Waals surface area contributed by atoms with Crippen LogP contribution in [0.15, 0.2) is 101 Å². The van der Waals surface area contributed by atoms with Crippen molar-refractivity contribution < 1.29 is 58.2 Å². The highest BCUT2D eigenvalue weighted by molar-refractivity contribution is 5.98. The lowest BCUT2D eigenvalue weighted by Crippen LogP contribution is -2.60. The lowest BCUT2D eigenvalue weighted by molar-refractivity contribution is -0.149. The number of carboxylic acid groups (broad SMARTS) is 1. The van der Waals surface area contributed by atoms with Crippen molar-refractivity contribution in [1.29, 1.82) is 0 Å². The Kier molecular flexibility index (Phi) is 26.4. The average Bonchev–Trinajstić information content (AvgIpc) is 4.45. The summed E-state index contributed by atoms with van der Waals surface area (Å²) in [7, 11) is 0. The molecule has 3 fully saturated rings. The molecule has 0 aromatic heterocycles. The Labute approximate surface area is 510 Å². The molecule has 88 heavy (non-hydrogen) atoms. The van der Waals surface area contributed by atoms with E-state index in [1.807, 2.05) is 18.2 Å². The Morgan fingerprint density at radius 2 is 1.22 bits per heavy atom. The van der Waals surface area contributed by atoms with E-state index in [0.717, 1.165) is 10.5 Å². The van der Waals surface area contributed by atoms with Crippen molar-refractivity contribution in [3.05, 3.63) is 108 Å². The summed E-state index contributed by atoms with van der Waals surface area (Å²) in [6.07, 6.45) is 1.39. The number of nitrogens with zero attached hydrogens (tertiary/aromatic N) is 6. The summed E-state index contributed by atoms with van der Waals surface area (Å²) in [5.74, 6) is -8.08. The van der Waals surface area contributed by atoms with Gasteiger partial charge in [-0.1, -0.05) is 91.0 Å². The standard InChI is InChI=1S/C60H84N16O12/c61-41(21-10-26-67-59(62)63)55(84)76-31-14-28-66-49(78)25-32-73(50(79)36-69-52(81)45-23-12-30-75(45)57(86)48(76)35-40-19-8-3-9-20-40)47(34-39-17-6-2-7-18-39)54(83)72-44(37-77)56(85)74-29-13-24-46(74)53(82)71-43(33-38-15-4-1-5-16-38)51(80)70-42(58(87)88)22-11-27-68-60(64)65/h1-9,15-20,41-48,77H,10-14,21-37,61H2,(H,66,78)(H,69,81)(H,70,80)(H,71,82)(H,72,83)(H,87,88)(H4,62,63,67)(H4,64,65,68)/t41-,42-,43-,44-,45-,46-,47-,48-/m0/s1. The Morgan fingerprint density at radius 3 is 1.83 bits per heavy atom. The summed E-state index contributed by atoms with van der Waals surface area (Å²) in [4.78, 5) is 155. The predicted molar refractivity (Wildman–Crippen MR) is 324 cm³/mol. The normalized spacial score (nSPS) is 19.5. The van der Waals surface area contributed by atoms with Crippen molar-refractivity contribution in [3.8, 4) is 0 Å². The second-order valence-corrected chi connectivity index (χ2v) is 22.0. The Bertz CT molecular complexity index is 2930. The Hall–Kier alpha value is -9.18. The molecule has 6 rings (SSSR count). The first-order chi connectivity index (χ1) is 42.3. The molecule has 8 atom stereocenters. The van der Waals surface area contributed by atoms with Gasteiger partial charge in [0.25, 0.3) is 0 Å². The van der Waals surface area contributed by atoms with Crippen LogP contribution in [-0.4, -0.2) is 208 Å². The number of benzene rings is 3. The number of nitrogens with one attached hydrogen (secondary N) is 5. The molecule has 3 aromatic rings. The van der Waals surface area contributed by atoms with Crippen LogP contribution in [-0.2, 0) is 67.2 Å². The second kappa shape index (κ2) is 34.2. The van der Waals surface area contributed by atoms with Crippen LogP contribution >= 0.6 is 0 Å². The molecule has 0 radical (unpaired) electrons. The summed E-state index contributed by atoms with van der Waals surface area (Å²) in [6.45, 7) is -1.59. The number of hydrogen-bond donors (Lipinski definition) is 12. The van der Waals surface area contributed by atoms with Crippen molar-refractivity contribution in [3.63, 3.8) is 0 Å². The van der Waals surface area contributed by atoms with E-state index < -0.39 is 121 Å². The lowest BCUT2D eigenvalue weighted by Gasteiger charge is -2.36. The maximum Gasteiger partial charge on any atom is 0.326 e. The molecular formula is C60H84N16O12. The van der Waals surface area contributed by atoms with Crippen molar-refractivity contribution in [2.24, 2.45) is 38.7 Å². The van der Waals surface area contributed by atoms with Gasteiger partial charge in [0.2, 0.25) is 53.2 Å². The van der Waals surface area contributed by atoms with Gasteiger partial charge < -0.3 is 85.1 Å². The molecule has 3 aliphatic rings. The third-order valence-corrected chi connectivity index (χ3v) is 15.6. The number of carboxylic acids is 1. The molecule has 0 aliphatic carbocycles. The van der Waals surface area contributed by atoms with Crippen molar-refractivity contribution in [2.45, 2.75) is 132 Å². The molecule has 0 unspecified atom stereocenters. The number of carbonyl (C=O) groups excluding carboxylic acids is 9. The first-order valence-corrected chi connectivity index (χ1v) is 29.7. The van der Waals surface area contributed by atoms with E-state index in [2.05, 4.69) is 36.6 Å². The van der Waals surface area contributed by atoms with E-state index in [1.165, 1.54) is 14.7 Å². The summed E-state index contributed by atoms with van der Waals surface area (Å²) in [6, 6.07) is 15.9. The van der Waals surface area contributed by atoms with Crippen LogP contribution in [0.4, 0.5) is 0 Å². The van der Waals surface area contributed by atoms with Crippen molar-refractivity contribution in [2.75, 3.05) is 59.0 Å². The molecule has 9 amide bonds. The molecule has 28 nitrogen and oxygen atoms in total. The van der Waals surface area contributed by atoms with Gasteiger partial charge in [0.1, 0.15) is 42.3 Å². The zero-order valence-electron chi connectivity index (χ0n) is 49.4. The number of aliphatic imine (C=N–C) groups is 2. The van der Waals surface area contributed by atoms with Gasteiger partial charge in [-0.15, -0.1) is 0 Å². The highest BCUT2D eigenvalue weighted by atomic mass is 16.4. The zero-order valence-corrected chi connectivity index (χ0v) is 49.4. The van der Waals surface area contributed by atoms with Crippen LogP contribution in [0.1, 0.15) is 80.9 Å². The lowest BCUT2D eigenvalue weighted by atomic mass is 10.0. The largest absolute Gasteiger partial charge is 0.480 e. The molecule has 3 saturated heterocycles. The fraction of sp³-hybridized carbons (Fsp3) is 0.500. The highest BCUT2D eigenvalue weighted by Gasteiger charge is 2.43. The Balaban J connectivity index is 1.23. The number of aliphatic hydroxyl groups is 1. The highest BCUT2D eigenvalue weighted by Crippen LogP contribution is 2.25. The van der Waals surface area contributed by atoms with Gasteiger partial charge in [-0.05, 0) is 74.5 Å². The van der Waals surface area contributed by atoms with E-state index in [0.29, 0.717) is 30.4 Å². The summed E-state index contributed by atoms with van der Waals surface area (Å²) in [5.41, 5.74) is 30.2. The maximum absolute atomic E-state index is 15.0. The van der Waals surface area contributed by atoms with Crippen LogP contribution in [0.2, 0.25) is 0 Å². The first-order valence-electron chi connectivity index (χ1n) is 29.7. The van der Waals surface area contributed by atoms with Crippen LogP contribution in [0.5, 0.6) is 0 Å². The van der Waals surface area contributed by atoms with E-state index in [1.54, 1.807) is 72.8 Å². The van der Waals surface area contributed by atoms with Gasteiger partial charge in [0, 0.05) is 71.5 Å². The van der Waals surface area contributed by atoms with Gasteiger partial charge in [-0.25, -0.2) is 4.79 Å². The third kappa shape index (κ3) is 20.2. The molecule has 476 valence electrons. The molecule has 28 heteroatoms. The number of amides is 9. The molecule has 0 saturated carbocycles. The number of hydrogen-bond acceptors (Lipinski definition) is 14. The van der Waals surface area contributed by atoms with Gasteiger partial charge >= 0.3 is 5.97 Å². The summed E-state index contributed by atoms with van der Waals surface area (Å²) in [5, 5.41) is 34.1. The van der Waals surface area contributed by atoms with E-state index >= 15 is 0 Å². The average molecular weight is 1220 g/mol. The smallest absolute Gasteiger partial charge is 0.326 e. The quantitative estimate of drug-likeness (QED) is 0.0230. The van der Waals surface area contributed by atoms with Gasteiger partial charge in [0.15, 0.2) is 11.9 Å². The first kappa shape index (κ1) is 67.9. The minimum atomic E-state index is -1.69. The fourth-order valence-electron chi connectivity index (χ4n) is 11.1. The minimum Gasteiger partial charge on any atom is -0.480 e. The third-order valence-electron chi connectivity index (χ3n) is 15.6. The van der Waals surface area contributed by atoms with Gasteiger partial charge in [0.05, 0.1) is 19.2 Å². The summed E-state index contributed by atoms with van der Waals surface area (Å²) < 4.78 is 0. The number of rotatable bonds is 25. The number of likely N-dealkylation sites (tertiary alicyclic amines) is 1. The van der Waals surface area contributed by atoms with E-state index in [9.17, 15) is 58.2 Å². The predicted octanol–water partition coefficient (Wildman–Crippen LogP) is -2.92. The van der Waals surface area contributed by atoms with E-state index in [-0.39, 0.29) is 122 Å².